The van der Waals surface area contributed by atoms with E-state index in [9.17, 15) is 4.79 Å². The molecule has 0 heterocycles. The van der Waals surface area contributed by atoms with Crippen LogP contribution in [0.5, 0.6) is 0 Å². The van der Waals surface area contributed by atoms with Crippen molar-refractivity contribution < 1.29 is 4.79 Å². The van der Waals surface area contributed by atoms with Crippen molar-refractivity contribution in [1.29, 1.82) is 0 Å². The summed E-state index contributed by atoms with van der Waals surface area (Å²) in [4.78, 5) is 12.0. The first-order valence-corrected chi connectivity index (χ1v) is 8.68. The second-order valence-corrected chi connectivity index (χ2v) is 7.94. The van der Waals surface area contributed by atoms with E-state index in [1.54, 1.807) is 0 Å². The van der Waals surface area contributed by atoms with Crippen molar-refractivity contribution in [3.8, 4) is 0 Å². The number of amides is 1. The van der Waals surface area contributed by atoms with Gasteiger partial charge in [-0.05, 0) is 62.3 Å². The fourth-order valence-electron chi connectivity index (χ4n) is 5.72. The zero-order valence-corrected chi connectivity index (χ0v) is 13.3. The van der Waals surface area contributed by atoms with Crippen LogP contribution in [0.25, 0.3) is 0 Å². The topological polar surface area (TPSA) is 55.1 Å². The van der Waals surface area contributed by atoms with Gasteiger partial charge in [-0.25, -0.2) is 0 Å². The summed E-state index contributed by atoms with van der Waals surface area (Å²) in [5.41, 5.74) is 6.94. The van der Waals surface area contributed by atoms with E-state index in [-0.39, 0.29) is 11.3 Å². The van der Waals surface area contributed by atoms with E-state index in [0.717, 1.165) is 25.2 Å². The van der Waals surface area contributed by atoms with Crippen LogP contribution in [0.1, 0.15) is 50.6 Å². The molecular formula is C19H26N2O. The smallest absolute Gasteiger partial charge is 0.223 e. The van der Waals surface area contributed by atoms with Crippen molar-refractivity contribution in [2.24, 2.45) is 28.9 Å². The first-order chi connectivity index (χ1) is 10.6. The zero-order chi connectivity index (χ0) is 15.3. The molecule has 22 heavy (non-hydrogen) atoms. The van der Waals surface area contributed by atoms with Crippen molar-refractivity contribution >= 4 is 5.91 Å². The number of hydrogen-bond acceptors (Lipinski definition) is 2. The molecule has 0 aliphatic heterocycles. The maximum atomic E-state index is 12.0. The Morgan fingerprint density at radius 3 is 2.41 bits per heavy atom. The van der Waals surface area contributed by atoms with Crippen LogP contribution < -0.4 is 11.1 Å². The molecule has 4 fully saturated rings. The highest BCUT2D eigenvalue weighted by Gasteiger charge is 2.57. The van der Waals surface area contributed by atoms with Gasteiger partial charge in [0.1, 0.15) is 0 Å². The molecular weight excluding hydrogens is 272 g/mol. The Morgan fingerprint density at radius 1 is 1.18 bits per heavy atom. The van der Waals surface area contributed by atoms with Gasteiger partial charge in [0.2, 0.25) is 5.91 Å². The Kier molecular flexibility index (Phi) is 3.30. The van der Waals surface area contributed by atoms with E-state index in [4.69, 9.17) is 5.73 Å². The van der Waals surface area contributed by atoms with Gasteiger partial charge in [0.05, 0.1) is 0 Å². The lowest BCUT2D eigenvalue weighted by Gasteiger charge is -2.59. The molecule has 118 valence electrons. The first kappa shape index (κ1) is 14.3. The van der Waals surface area contributed by atoms with E-state index in [0.29, 0.717) is 23.9 Å². The normalized spacial score (nSPS) is 40.6. The summed E-state index contributed by atoms with van der Waals surface area (Å²) in [5, 5.41) is 3.88. The van der Waals surface area contributed by atoms with Gasteiger partial charge in [-0.3, -0.25) is 4.79 Å². The van der Waals surface area contributed by atoms with Gasteiger partial charge < -0.3 is 11.1 Å². The summed E-state index contributed by atoms with van der Waals surface area (Å²) in [6.07, 6.45) is 5.63. The Hall–Kier alpha value is -1.35. The Bertz CT molecular complexity index is 554. The Balaban J connectivity index is 1.52. The number of primary amides is 1. The molecule has 0 aromatic heterocycles. The summed E-state index contributed by atoms with van der Waals surface area (Å²) in [5.74, 6) is 1.95. The lowest BCUT2D eigenvalue weighted by molar-refractivity contribution is -0.146. The minimum Gasteiger partial charge on any atom is -0.369 e. The van der Waals surface area contributed by atoms with Gasteiger partial charge in [0.15, 0.2) is 0 Å². The molecule has 4 aliphatic rings. The van der Waals surface area contributed by atoms with Crippen molar-refractivity contribution in [3.63, 3.8) is 0 Å². The average Bonchev–Trinajstić information content (AvgIpc) is 2.51. The van der Waals surface area contributed by atoms with Crippen LogP contribution in [0, 0.1) is 23.2 Å². The summed E-state index contributed by atoms with van der Waals surface area (Å²) >= 11 is 0. The molecule has 5 rings (SSSR count). The maximum absolute atomic E-state index is 12.0. The van der Waals surface area contributed by atoms with Crippen LogP contribution in [0.4, 0.5) is 0 Å². The molecule has 4 bridgehead atoms. The summed E-state index contributed by atoms with van der Waals surface area (Å²) < 4.78 is 0. The number of rotatable bonds is 4. The largest absolute Gasteiger partial charge is 0.369 e. The maximum Gasteiger partial charge on any atom is 0.223 e. The third kappa shape index (κ3) is 2.18. The quantitative estimate of drug-likeness (QED) is 0.897. The second kappa shape index (κ2) is 5.09. The summed E-state index contributed by atoms with van der Waals surface area (Å²) in [6, 6.07) is 11.6. The fourth-order valence-corrected chi connectivity index (χ4v) is 5.72. The molecule has 0 saturated heterocycles. The third-order valence-electron chi connectivity index (χ3n) is 6.54. The predicted octanol–water partition coefficient (Wildman–Crippen LogP) is 3.02. The van der Waals surface area contributed by atoms with E-state index < -0.39 is 0 Å². The van der Waals surface area contributed by atoms with Crippen LogP contribution in [-0.2, 0) is 4.79 Å². The van der Waals surface area contributed by atoms with Crippen molar-refractivity contribution in [2.45, 2.75) is 51.1 Å². The predicted molar refractivity (Wildman–Crippen MR) is 87.0 cm³/mol. The standard InChI is InChI=1S/C19H26N2O/c1-12(14-5-3-2-4-6-14)21-17-15-7-13-8-16(17)11-19(9-13,10-15)18(20)22/h2-6,12-13,15-17,21H,7-11H2,1H3,(H2,20,22). The minimum atomic E-state index is -0.176. The van der Waals surface area contributed by atoms with E-state index in [1.807, 2.05) is 0 Å². The average molecular weight is 298 g/mol. The zero-order valence-electron chi connectivity index (χ0n) is 13.3. The van der Waals surface area contributed by atoms with Crippen LogP contribution in [0.3, 0.4) is 0 Å². The van der Waals surface area contributed by atoms with Crippen molar-refractivity contribution in [3.05, 3.63) is 35.9 Å². The van der Waals surface area contributed by atoms with Crippen molar-refractivity contribution in [1.82, 2.24) is 5.32 Å². The molecule has 3 heteroatoms. The van der Waals surface area contributed by atoms with Crippen LogP contribution in [0.15, 0.2) is 30.3 Å². The molecule has 1 aromatic rings. The van der Waals surface area contributed by atoms with E-state index in [2.05, 4.69) is 42.6 Å². The van der Waals surface area contributed by atoms with Gasteiger partial charge in [-0.1, -0.05) is 30.3 Å². The SMILES string of the molecule is CC(NC1C2CC3CC1CC(C(N)=O)(C3)C2)c1ccccc1. The highest BCUT2D eigenvalue weighted by atomic mass is 16.1. The van der Waals surface area contributed by atoms with Gasteiger partial charge in [-0.15, -0.1) is 0 Å². The van der Waals surface area contributed by atoms with Gasteiger partial charge in [0, 0.05) is 17.5 Å². The molecule has 0 radical (unpaired) electrons. The van der Waals surface area contributed by atoms with Gasteiger partial charge >= 0.3 is 0 Å². The molecule has 3 unspecified atom stereocenters. The van der Waals surface area contributed by atoms with Gasteiger partial charge in [0.25, 0.3) is 0 Å². The summed E-state index contributed by atoms with van der Waals surface area (Å²) in [7, 11) is 0. The number of hydrogen-bond donors (Lipinski definition) is 2. The fraction of sp³-hybridized carbons (Fsp3) is 0.632. The first-order valence-electron chi connectivity index (χ1n) is 8.68. The Morgan fingerprint density at radius 2 is 1.82 bits per heavy atom. The number of nitrogens with two attached hydrogens (primary N) is 1. The van der Waals surface area contributed by atoms with Crippen molar-refractivity contribution in [2.75, 3.05) is 0 Å². The molecule has 3 atom stereocenters. The third-order valence-corrected chi connectivity index (χ3v) is 6.54. The molecule has 3 N–H and O–H groups in total. The molecule has 3 nitrogen and oxygen atoms in total. The highest BCUT2D eigenvalue weighted by molar-refractivity contribution is 5.81. The van der Waals surface area contributed by atoms with Crippen LogP contribution in [0.2, 0.25) is 0 Å². The van der Waals surface area contributed by atoms with E-state index >= 15 is 0 Å². The second-order valence-electron chi connectivity index (χ2n) is 7.94. The van der Waals surface area contributed by atoms with Crippen LogP contribution in [-0.4, -0.2) is 11.9 Å². The van der Waals surface area contributed by atoms with Gasteiger partial charge in [-0.2, -0.15) is 0 Å². The minimum absolute atomic E-state index is 0.0403. The monoisotopic (exact) mass is 298 g/mol. The number of nitrogens with one attached hydrogen (secondary N) is 1. The highest BCUT2D eigenvalue weighted by Crippen LogP contribution is 2.60. The summed E-state index contributed by atoms with van der Waals surface area (Å²) in [6.45, 7) is 2.25. The molecule has 1 aromatic carbocycles. The lowest BCUT2D eigenvalue weighted by Crippen LogP contribution is -2.61. The number of benzene rings is 1. The Labute approximate surface area is 132 Å². The molecule has 4 saturated carbocycles. The number of carbonyl (C=O) groups excluding carboxylic acids is 1. The molecule has 0 spiro atoms. The molecule has 4 aliphatic carbocycles. The molecule has 1 amide bonds. The van der Waals surface area contributed by atoms with E-state index in [1.165, 1.54) is 18.4 Å². The number of carbonyl (C=O) groups is 1. The lowest BCUT2D eigenvalue weighted by atomic mass is 9.47. The van der Waals surface area contributed by atoms with Crippen LogP contribution >= 0.6 is 0 Å².